The fraction of sp³-hybridized carbons (Fsp3) is 0.415. The highest BCUT2D eigenvalue weighted by molar-refractivity contribution is 7.92. The van der Waals surface area contributed by atoms with E-state index in [1.165, 1.54) is 11.1 Å². The topological polar surface area (TPSA) is 102 Å². The van der Waals surface area contributed by atoms with Crippen molar-refractivity contribution in [2.45, 2.75) is 56.5 Å². The number of carbonyl (C=O) groups excluding carboxylic acids is 2. The molecule has 1 aromatic heterocycles. The Morgan fingerprint density at radius 3 is 2.77 bits per heavy atom. The number of nitrogens with one attached hydrogen (secondary N) is 1. The molecule has 11 heteroatoms. The van der Waals surface area contributed by atoms with Crippen LogP contribution in [0.1, 0.15) is 70.5 Å². The van der Waals surface area contributed by atoms with Crippen molar-refractivity contribution in [3.8, 4) is 5.75 Å². The molecule has 5 atom stereocenters. The van der Waals surface area contributed by atoms with Crippen LogP contribution in [0.3, 0.4) is 0 Å². The van der Waals surface area contributed by atoms with Crippen LogP contribution in [0.15, 0.2) is 83.2 Å². The Morgan fingerprint density at radius 2 is 1.96 bits per heavy atom. The van der Waals surface area contributed by atoms with Gasteiger partial charge < -0.3 is 18.9 Å². The first-order valence-corrected chi connectivity index (χ1v) is 20.4. The lowest BCUT2D eigenvalue weighted by Gasteiger charge is -2.46. The molecule has 2 amide bonds. The van der Waals surface area contributed by atoms with Gasteiger partial charge in [0.1, 0.15) is 21.4 Å². The zero-order valence-corrected chi connectivity index (χ0v) is 31.3. The Labute approximate surface area is 310 Å². The lowest BCUT2D eigenvalue weighted by Crippen LogP contribution is -2.49. The van der Waals surface area contributed by atoms with Crippen LogP contribution in [0, 0.1) is 11.8 Å². The smallest absolute Gasteiger partial charge is 0.286 e. The summed E-state index contributed by atoms with van der Waals surface area (Å²) < 4.78 is 36.0. The van der Waals surface area contributed by atoms with Gasteiger partial charge in [0.25, 0.3) is 11.8 Å². The molecular weight excluding hydrogens is 696 g/mol. The van der Waals surface area contributed by atoms with Crippen molar-refractivity contribution in [3.63, 3.8) is 0 Å². The predicted octanol–water partition coefficient (Wildman–Crippen LogP) is 7.65. The maximum atomic E-state index is 14.5. The number of amides is 2. The van der Waals surface area contributed by atoms with Crippen LogP contribution in [0.5, 0.6) is 5.75 Å². The Bertz CT molecular complexity index is 2210. The van der Waals surface area contributed by atoms with Crippen LogP contribution < -0.4 is 14.4 Å². The molecule has 1 fully saturated rings. The fourth-order valence-electron chi connectivity index (χ4n) is 8.82. The van der Waals surface area contributed by atoms with Crippen molar-refractivity contribution in [2.75, 3.05) is 37.5 Å². The van der Waals surface area contributed by atoms with Crippen molar-refractivity contribution in [3.05, 3.63) is 106 Å². The Hall–Kier alpha value is -4.12. The number of benzene rings is 3. The minimum absolute atomic E-state index is 0.0224. The van der Waals surface area contributed by atoms with E-state index in [0.29, 0.717) is 48.3 Å². The van der Waals surface area contributed by atoms with Crippen molar-refractivity contribution in [1.82, 2.24) is 9.29 Å². The van der Waals surface area contributed by atoms with Gasteiger partial charge in [0.2, 0.25) is 0 Å². The third-order valence-electron chi connectivity index (χ3n) is 11.7. The first-order valence-electron chi connectivity index (χ1n) is 18.3. The van der Waals surface area contributed by atoms with E-state index in [1.54, 1.807) is 30.9 Å². The number of methoxy groups -OCH3 is 1. The van der Waals surface area contributed by atoms with E-state index < -0.39 is 21.7 Å². The molecule has 1 spiro atoms. The first-order chi connectivity index (χ1) is 25.1. The zero-order chi connectivity index (χ0) is 36.0. The molecule has 8 rings (SSSR count). The summed E-state index contributed by atoms with van der Waals surface area (Å²) in [5, 5.41) is 1.63. The van der Waals surface area contributed by atoms with Crippen LogP contribution in [0.4, 0.5) is 5.69 Å². The SMILES string of the molecule is CO[C@H]1/C=C/CCC[S@@](=O)(NC(=O)c2cc3ccccc3n2C)=NC(=O)c2ccc3c(c2)N(C[C@@H]2CC[C@H]21)C[C@@]1(CCCc2cc(Cl)ccc21)CO3. The van der Waals surface area contributed by atoms with Crippen molar-refractivity contribution in [2.24, 2.45) is 23.2 Å². The summed E-state index contributed by atoms with van der Waals surface area (Å²) in [5.41, 5.74) is 4.63. The van der Waals surface area contributed by atoms with Crippen LogP contribution in [-0.2, 0) is 33.5 Å². The Balaban J connectivity index is 1.19. The number of fused-ring (bicyclic) bond motifs is 5. The molecular formula is C41H45ClN4O5S. The van der Waals surface area contributed by atoms with E-state index in [9.17, 15) is 13.8 Å². The third-order valence-corrected chi connectivity index (χ3v) is 13.7. The maximum absolute atomic E-state index is 14.5. The Morgan fingerprint density at radius 1 is 1.10 bits per heavy atom. The summed E-state index contributed by atoms with van der Waals surface area (Å²) in [4.78, 5) is 30.1. The predicted molar refractivity (Wildman–Crippen MR) is 206 cm³/mol. The molecule has 9 nitrogen and oxygen atoms in total. The lowest BCUT2D eigenvalue weighted by molar-refractivity contribution is 0.0132. The number of ether oxygens (including phenoxy) is 2. The molecule has 4 aromatic rings. The summed E-state index contributed by atoms with van der Waals surface area (Å²) in [6, 6.07) is 21.0. The number of anilines is 1. The normalized spacial score (nSPS) is 28.1. The molecule has 4 aliphatic rings. The fourth-order valence-corrected chi connectivity index (χ4v) is 10.6. The summed E-state index contributed by atoms with van der Waals surface area (Å²) in [7, 11) is 0.0586. The summed E-state index contributed by atoms with van der Waals surface area (Å²) in [6.45, 7) is 2.01. The zero-order valence-electron chi connectivity index (χ0n) is 29.7. The Kier molecular flexibility index (Phi) is 9.42. The number of para-hydroxylation sites is 1. The highest BCUT2D eigenvalue weighted by Crippen LogP contribution is 2.47. The van der Waals surface area contributed by atoms with Gasteiger partial charge in [-0.2, -0.15) is 0 Å². The van der Waals surface area contributed by atoms with Crippen LogP contribution in [0.2, 0.25) is 5.02 Å². The number of hydrogen-bond acceptors (Lipinski definition) is 6. The number of nitrogens with zero attached hydrogens (tertiary/aromatic N) is 3. The maximum Gasteiger partial charge on any atom is 0.286 e. The number of aromatic nitrogens is 1. The second-order valence-corrected chi connectivity index (χ2v) is 17.4. The molecule has 52 heavy (non-hydrogen) atoms. The largest absolute Gasteiger partial charge is 0.490 e. The quantitative estimate of drug-likeness (QED) is 0.217. The molecule has 3 aromatic carbocycles. The summed E-state index contributed by atoms with van der Waals surface area (Å²) >= 11 is 6.46. The number of allylic oxidation sites excluding steroid dienone is 1. The van der Waals surface area contributed by atoms with Gasteiger partial charge in [-0.15, -0.1) is 4.36 Å². The number of aryl methyl sites for hydroxylation is 2. The van der Waals surface area contributed by atoms with E-state index >= 15 is 0 Å². The number of hydrogen-bond donors (Lipinski definition) is 1. The number of halogens is 1. The minimum atomic E-state index is -3.50. The first kappa shape index (κ1) is 34.9. The summed E-state index contributed by atoms with van der Waals surface area (Å²) in [5.74, 6) is 0.297. The average molecular weight is 741 g/mol. The molecule has 1 N–H and O–H groups in total. The molecule has 272 valence electrons. The average Bonchev–Trinajstić information content (AvgIpc) is 3.38. The molecule has 2 aliphatic carbocycles. The highest BCUT2D eigenvalue weighted by atomic mass is 35.5. The molecule has 0 saturated heterocycles. The van der Waals surface area contributed by atoms with Gasteiger partial charge in [-0.25, -0.2) is 4.21 Å². The van der Waals surface area contributed by atoms with Gasteiger partial charge in [0, 0.05) is 54.2 Å². The summed E-state index contributed by atoms with van der Waals surface area (Å²) in [6.07, 6.45) is 10.4. The second kappa shape index (κ2) is 14.0. The van der Waals surface area contributed by atoms with Gasteiger partial charge in [-0.1, -0.05) is 48.0 Å². The molecule has 0 unspecified atom stereocenters. The van der Waals surface area contributed by atoms with E-state index in [0.717, 1.165) is 66.8 Å². The molecule has 1 saturated carbocycles. The van der Waals surface area contributed by atoms with E-state index in [2.05, 4.69) is 38.3 Å². The van der Waals surface area contributed by atoms with Crippen LogP contribution in [0.25, 0.3) is 10.9 Å². The van der Waals surface area contributed by atoms with E-state index in [-0.39, 0.29) is 17.3 Å². The van der Waals surface area contributed by atoms with Gasteiger partial charge in [-0.05, 0) is 110 Å². The highest BCUT2D eigenvalue weighted by Gasteiger charge is 2.44. The number of carbonyl (C=O) groups is 2. The van der Waals surface area contributed by atoms with E-state index in [1.807, 2.05) is 42.5 Å². The molecule has 2 aliphatic heterocycles. The third kappa shape index (κ3) is 6.54. The molecule has 0 radical (unpaired) electrons. The molecule has 3 heterocycles. The van der Waals surface area contributed by atoms with Crippen LogP contribution in [-0.4, -0.2) is 59.3 Å². The lowest BCUT2D eigenvalue weighted by atomic mass is 9.68. The van der Waals surface area contributed by atoms with Gasteiger partial charge >= 0.3 is 0 Å². The molecule has 2 bridgehead atoms. The van der Waals surface area contributed by atoms with Crippen molar-refractivity contribution >= 4 is 49.9 Å². The van der Waals surface area contributed by atoms with Gasteiger partial charge in [0.05, 0.1) is 24.2 Å². The van der Waals surface area contributed by atoms with Gasteiger partial charge in [0.15, 0.2) is 0 Å². The minimum Gasteiger partial charge on any atom is -0.490 e. The van der Waals surface area contributed by atoms with Crippen LogP contribution >= 0.6 is 11.6 Å². The van der Waals surface area contributed by atoms with Gasteiger partial charge in [-0.3, -0.25) is 14.3 Å². The monoisotopic (exact) mass is 740 g/mol. The van der Waals surface area contributed by atoms with E-state index in [4.69, 9.17) is 21.1 Å². The van der Waals surface area contributed by atoms with Crippen molar-refractivity contribution < 1.29 is 23.3 Å². The number of rotatable bonds is 3. The van der Waals surface area contributed by atoms with Crippen molar-refractivity contribution in [1.29, 1.82) is 0 Å². The second-order valence-electron chi connectivity index (χ2n) is 14.9. The standard InChI is InChI=1S/C41H45ClN4O5S/c1-45-34-11-6-5-9-28(34)22-36(45)40(48)44-52(49)20-7-3-4-12-37(50-2)32-16-13-30(32)24-46-25-41(19-8-10-27-21-31(42)15-17-33(27)41)26-51-38-18-14-29(23-35(38)46)39(47)43-52/h4-6,9,11-12,14-15,17-18,21-23,30,32,37H,3,7-8,10,13,16,19-20,24-26H2,1-2H3,(H,43,44,47,48,49)/b12-4+/t30-,32+,37-,41-,52-/m0/s1.